The third kappa shape index (κ3) is 29.0. The molecule has 0 saturated heterocycles. The summed E-state index contributed by atoms with van der Waals surface area (Å²) in [5, 5.41) is 23.0. The lowest BCUT2D eigenvalue weighted by atomic mass is 9.96. The maximum Gasteiger partial charge on any atom is 0.326 e. The molecule has 0 radical (unpaired) electrons. The molecule has 0 spiro atoms. The number of amides is 5. The molecule has 10 N–H and O–H groups in total. The summed E-state index contributed by atoms with van der Waals surface area (Å²) in [4.78, 5) is 81.9. The van der Waals surface area contributed by atoms with E-state index in [1.807, 2.05) is 41.5 Å². The van der Waals surface area contributed by atoms with Gasteiger partial charge in [0.15, 0.2) is 5.96 Å². The summed E-state index contributed by atoms with van der Waals surface area (Å²) in [5.41, 5.74) is 10.8. The Kier molecular flexibility index (Phi) is 31.6. The van der Waals surface area contributed by atoms with E-state index in [4.69, 9.17) is 11.5 Å². The molecule has 0 rings (SSSR count). The van der Waals surface area contributed by atoms with Gasteiger partial charge in [0.05, 0.1) is 6.54 Å². The molecule has 5 amide bonds. The Morgan fingerprint density at radius 1 is 0.559 bits per heavy atom. The van der Waals surface area contributed by atoms with Gasteiger partial charge in [-0.25, -0.2) is 4.79 Å². The molecule has 59 heavy (non-hydrogen) atoms. The molecule has 0 aromatic heterocycles. The Bertz CT molecular complexity index is 1240. The van der Waals surface area contributed by atoms with E-state index in [-0.39, 0.29) is 49.0 Å². The number of aliphatic imine (C=N–C) groups is 1. The van der Waals surface area contributed by atoms with Crippen LogP contribution in [0.1, 0.15) is 183 Å². The van der Waals surface area contributed by atoms with E-state index in [1.54, 1.807) is 0 Å². The standard InChI is InChI=1S/C44H84N8O7/c1-8-10-11-12-13-14-15-16-17-18-19-20-21-22-23-26-37(53)50-35(28-31(3)4)41(56)52-39(33(7)9-2)42(57)48-30-38(54)49-34(25-24-27-47-44(45)46)40(55)51-36(43(58)59)29-32(5)6/h31-36,39H,8-30H2,1-7H3,(H,48,57)(H,49,54)(H,50,53)(H,51,55)(H,52,56)(H,58,59)(H4,45,46,47)/t33-,34-,35-,36-,39-/m0/s1. The lowest BCUT2D eigenvalue weighted by molar-refractivity contribution is -0.142. The zero-order chi connectivity index (χ0) is 44.6. The fourth-order valence-corrected chi connectivity index (χ4v) is 6.84. The van der Waals surface area contributed by atoms with Crippen LogP contribution in [0.15, 0.2) is 4.99 Å². The number of hydrogen-bond donors (Lipinski definition) is 8. The Morgan fingerprint density at radius 3 is 1.51 bits per heavy atom. The summed E-state index contributed by atoms with van der Waals surface area (Å²) in [7, 11) is 0. The van der Waals surface area contributed by atoms with E-state index in [0.717, 1.165) is 19.3 Å². The smallest absolute Gasteiger partial charge is 0.326 e. The second kappa shape index (κ2) is 33.9. The van der Waals surface area contributed by atoms with Crippen molar-refractivity contribution in [1.82, 2.24) is 26.6 Å². The number of aliphatic carboxylic acids is 1. The van der Waals surface area contributed by atoms with E-state index in [9.17, 15) is 33.9 Å². The summed E-state index contributed by atoms with van der Waals surface area (Å²) in [6.07, 6.45) is 20.4. The summed E-state index contributed by atoms with van der Waals surface area (Å²) >= 11 is 0. The maximum absolute atomic E-state index is 13.6. The molecular weight excluding hydrogens is 753 g/mol. The Labute approximate surface area is 356 Å². The minimum atomic E-state index is -1.20. The third-order valence-corrected chi connectivity index (χ3v) is 10.5. The topological polar surface area (TPSA) is 247 Å². The van der Waals surface area contributed by atoms with Crippen molar-refractivity contribution in [1.29, 1.82) is 0 Å². The van der Waals surface area contributed by atoms with Crippen LogP contribution < -0.4 is 38.1 Å². The third-order valence-electron chi connectivity index (χ3n) is 10.5. The van der Waals surface area contributed by atoms with Gasteiger partial charge >= 0.3 is 5.97 Å². The number of carbonyl (C=O) groups excluding carboxylic acids is 5. The van der Waals surface area contributed by atoms with Crippen molar-refractivity contribution in [2.24, 2.45) is 34.2 Å². The SMILES string of the molecule is CCCCCCCCCCCCCCCCCC(=O)N[C@@H](CC(C)C)C(=O)N[C@H](C(=O)NCC(=O)N[C@@H](CCCN=C(N)N)C(=O)N[C@@H](CC(C)C)C(=O)O)[C@@H](C)CC. The van der Waals surface area contributed by atoms with Crippen LogP contribution in [0.2, 0.25) is 0 Å². The molecule has 5 atom stereocenters. The number of rotatable bonds is 36. The fraction of sp³-hybridized carbons (Fsp3) is 0.841. The highest BCUT2D eigenvalue weighted by molar-refractivity contribution is 5.95. The molecule has 0 unspecified atom stereocenters. The number of carbonyl (C=O) groups is 6. The summed E-state index contributed by atoms with van der Waals surface area (Å²) < 4.78 is 0. The summed E-state index contributed by atoms with van der Waals surface area (Å²) in [5.74, 6) is -4.18. The first-order valence-electron chi connectivity index (χ1n) is 22.8. The number of nitrogens with zero attached hydrogens (tertiary/aromatic N) is 1. The second-order valence-corrected chi connectivity index (χ2v) is 17.1. The molecule has 15 heteroatoms. The molecule has 15 nitrogen and oxygen atoms in total. The van der Waals surface area contributed by atoms with Crippen LogP contribution in [-0.4, -0.2) is 83.8 Å². The number of carboxylic acid groups (broad SMARTS) is 1. The van der Waals surface area contributed by atoms with E-state index in [1.165, 1.54) is 77.0 Å². The zero-order valence-electron chi connectivity index (χ0n) is 37.8. The van der Waals surface area contributed by atoms with Crippen LogP contribution in [0.3, 0.4) is 0 Å². The number of carboxylic acids is 1. The van der Waals surface area contributed by atoms with Crippen molar-refractivity contribution >= 4 is 41.5 Å². The van der Waals surface area contributed by atoms with Gasteiger partial charge in [-0.2, -0.15) is 0 Å². The normalized spacial score (nSPS) is 13.8. The van der Waals surface area contributed by atoms with Gasteiger partial charge in [-0.05, 0) is 49.9 Å². The van der Waals surface area contributed by atoms with Crippen LogP contribution in [-0.2, 0) is 28.8 Å². The molecule has 0 aliphatic rings. The van der Waals surface area contributed by atoms with Crippen molar-refractivity contribution in [2.45, 2.75) is 207 Å². The Balaban J connectivity index is 5.14. The first kappa shape index (κ1) is 55.1. The molecule has 0 fully saturated rings. The van der Waals surface area contributed by atoms with Gasteiger partial charge in [-0.1, -0.05) is 145 Å². The Morgan fingerprint density at radius 2 is 1.03 bits per heavy atom. The predicted molar refractivity (Wildman–Crippen MR) is 236 cm³/mol. The zero-order valence-corrected chi connectivity index (χ0v) is 37.8. The molecule has 0 heterocycles. The number of hydrogen-bond acceptors (Lipinski definition) is 7. The molecule has 0 saturated carbocycles. The average molecular weight is 837 g/mol. The molecular formula is C44H84N8O7. The van der Waals surface area contributed by atoms with E-state index >= 15 is 0 Å². The summed E-state index contributed by atoms with van der Waals surface area (Å²) in [6.45, 7) is 13.2. The van der Waals surface area contributed by atoms with E-state index in [0.29, 0.717) is 25.7 Å². The summed E-state index contributed by atoms with van der Waals surface area (Å²) in [6, 6.07) is -4.10. The highest BCUT2D eigenvalue weighted by Crippen LogP contribution is 2.15. The van der Waals surface area contributed by atoms with E-state index < -0.39 is 60.3 Å². The quantitative estimate of drug-likeness (QED) is 0.0223. The van der Waals surface area contributed by atoms with Gasteiger partial charge in [-0.3, -0.25) is 29.0 Å². The largest absolute Gasteiger partial charge is 0.480 e. The van der Waals surface area contributed by atoms with Gasteiger partial charge in [0.2, 0.25) is 29.5 Å². The first-order chi connectivity index (χ1) is 28.0. The van der Waals surface area contributed by atoms with Crippen molar-refractivity contribution in [3.8, 4) is 0 Å². The minimum absolute atomic E-state index is 0.0129. The number of guanidine groups is 1. The first-order valence-corrected chi connectivity index (χ1v) is 22.8. The van der Waals surface area contributed by atoms with Gasteiger partial charge in [0.25, 0.3) is 0 Å². The molecule has 0 bridgehead atoms. The van der Waals surface area contributed by atoms with Gasteiger partial charge in [0.1, 0.15) is 24.2 Å². The van der Waals surface area contributed by atoms with E-state index in [2.05, 4.69) is 38.5 Å². The maximum atomic E-state index is 13.6. The van der Waals surface area contributed by atoms with Crippen molar-refractivity contribution in [3.05, 3.63) is 0 Å². The minimum Gasteiger partial charge on any atom is -0.480 e. The van der Waals surface area contributed by atoms with Gasteiger partial charge in [0, 0.05) is 13.0 Å². The fourth-order valence-electron chi connectivity index (χ4n) is 6.84. The molecule has 342 valence electrons. The molecule has 0 aliphatic heterocycles. The number of nitrogens with one attached hydrogen (secondary N) is 5. The van der Waals surface area contributed by atoms with Crippen molar-refractivity contribution < 1.29 is 33.9 Å². The second-order valence-electron chi connectivity index (χ2n) is 17.1. The van der Waals surface area contributed by atoms with Crippen LogP contribution >= 0.6 is 0 Å². The van der Waals surface area contributed by atoms with Crippen LogP contribution in [0.5, 0.6) is 0 Å². The highest BCUT2D eigenvalue weighted by Gasteiger charge is 2.31. The number of unbranched alkanes of at least 4 members (excludes halogenated alkanes) is 14. The molecule has 0 aliphatic carbocycles. The predicted octanol–water partition coefficient (Wildman–Crippen LogP) is 5.58. The lowest BCUT2D eigenvalue weighted by Gasteiger charge is -2.27. The lowest BCUT2D eigenvalue weighted by Crippen LogP contribution is -2.57. The van der Waals surface area contributed by atoms with Gasteiger partial charge in [-0.15, -0.1) is 0 Å². The number of nitrogens with two attached hydrogens (primary N) is 2. The van der Waals surface area contributed by atoms with Crippen LogP contribution in [0, 0.1) is 17.8 Å². The molecule has 0 aromatic carbocycles. The van der Waals surface area contributed by atoms with Gasteiger partial charge < -0.3 is 43.2 Å². The average Bonchev–Trinajstić information content (AvgIpc) is 3.17. The van der Waals surface area contributed by atoms with Crippen molar-refractivity contribution in [3.63, 3.8) is 0 Å². The molecule has 0 aromatic rings. The Hall–Kier alpha value is -3.91. The monoisotopic (exact) mass is 837 g/mol. The van der Waals surface area contributed by atoms with Crippen LogP contribution in [0.25, 0.3) is 0 Å². The van der Waals surface area contributed by atoms with Crippen LogP contribution in [0.4, 0.5) is 0 Å². The highest BCUT2D eigenvalue weighted by atomic mass is 16.4. The van der Waals surface area contributed by atoms with Crippen molar-refractivity contribution in [2.75, 3.05) is 13.1 Å².